The van der Waals surface area contributed by atoms with Gasteiger partial charge in [0.15, 0.2) is 0 Å². The van der Waals surface area contributed by atoms with Gasteiger partial charge in [-0.3, -0.25) is 9.89 Å². The summed E-state index contributed by atoms with van der Waals surface area (Å²) in [4.78, 5) is 10.8. The molecule has 0 spiro atoms. The molecule has 1 amide bonds. The van der Waals surface area contributed by atoms with Crippen LogP contribution >= 0.6 is 0 Å². The van der Waals surface area contributed by atoms with Gasteiger partial charge in [0.2, 0.25) is 15.9 Å². The molecule has 1 atom stereocenters. The van der Waals surface area contributed by atoms with Crippen LogP contribution in [-0.4, -0.2) is 30.6 Å². The van der Waals surface area contributed by atoms with E-state index in [2.05, 4.69) is 14.9 Å². The highest BCUT2D eigenvalue weighted by molar-refractivity contribution is 7.89. The molecule has 0 aliphatic rings. The Balaban J connectivity index is 2.94. The summed E-state index contributed by atoms with van der Waals surface area (Å²) in [5.74, 6) is -0.555. The monoisotopic (exact) mass is 260 g/mol. The molecule has 1 rings (SSSR count). The zero-order chi connectivity index (χ0) is 13.2. The second-order valence-electron chi connectivity index (χ2n) is 3.96. The Morgan fingerprint density at radius 3 is 2.53 bits per heavy atom. The van der Waals surface area contributed by atoms with Gasteiger partial charge in [-0.05, 0) is 20.8 Å². The number of amides is 1. The van der Waals surface area contributed by atoms with Crippen LogP contribution < -0.4 is 10.5 Å². The summed E-state index contributed by atoms with van der Waals surface area (Å²) in [6, 6.07) is -0.550. The zero-order valence-corrected chi connectivity index (χ0v) is 10.8. The van der Waals surface area contributed by atoms with Crippen LogP contribution in [0.2, 0.25) is 0 Å². The minimum Gasteiger partial charge on any atom is -0.370 e. The van der Waals surface area contributed by atoms with E-state index < -0.39 is 22.0 Å². The normalized spacial score (nSPS) is 13.6. The number of hydrogen-bond acceptors (Lipinski definition) is 4. The number of primary amides is 1. The summed E-state index contributed by atoms with van der Waals surface area (Å²) < 4.78 is 26.4. The van der Waals surface area contributed by atoms with Crippen molar-refractivity contribution < 1.29 is 13.2 Å². The van der Waals surface area contributed by atoms with Crippen molar-refractivity contribution in [2.75, 3.05) is 0 Å². The molecule has 0 saturated heterocycles. The van der Waals surface area contributed by atoms with Crippen LogP contribution in [0.4, 0.5) is 0 Å². The van der Waals surface area contributed by atoms with Gasteiger partial charge in [0.05, 0.1) is 11.4 Å². The van der Waals surface area contributed by atoms with Gasteiger partial charge in [0.1, 0.15) is 4.90 Å². The van der Waals surface area contributed by atoms with Gasteiger partial charge in [-0.15, -0.1) is 0 Å². The second-order valence-corrected chi connectivity index (χ2v) is 5.61. The zero-order valence-electron chi connectivity index (χ0n) is 9.94. The number of H-pyrrole nitrogens is 1. The lowest BCUT2D eigenvalue weighted by atomic mass is 10.2. The Morgan fingerprint density at radius 2 is 2.12 bits per heavy atom. The molecule has 0 aromatic carbocycles. The van der Waals surface area contributed by atoms with Crippen molar-refractivity contribution in [1.82, 2.24) is 14.9 Å². The number of nitrogens with one attached hydrogen (secondary N) is 2. The van der Waals surface area contributed by atoms with Crippen molar-refractivity contribution in [3.05, 3.63) is 11.4 Å². The number of aryl methyl sites for hydroxylation is 2. The summed E-state index contributed by atoms with van der Waals surface area (Å²) >= 11 is 0. The maximum atomic E-state index is 12.0. The van der Waals surface area contributed by atoms with Crippen LogP contribution in [0.5, 0.6) is 0 Å². The minimum absolute atomic E-state index is 0.0465. The average Bonchev–Trinajstić information content (AvgIpc) is 2.43. The molecular formula is C9H16N4O3S. The molecule has 1 unspecified atom stereocenters. The molecule has 1 aromatic heterocycles. The molecule has 0 aliphatic carbocycles. The lowest BCUT2D eigenvalue weighted by molar-refractivity contribution is -0.118. The highest BCUT2D eigenvalue weighted by atomic mass is 32.2. The Morgan fingerprint density at radius 1 is 1.53 bits per heavy atom. The summed E-state index contributed by atoms with van der Waals surface area (Å²) in [6.07, 6.45) is -0.0465. The van der Waals surface area contributed by atoms with Gasteiger partial charge in [-0.2, -0.15) is 5.10 Å². The fourth-order valence-electron chi connectivity index (χ4n) is 1.60. The fourth-order valence-corrected chi connectivity index (χ4v) is 3.22. The molecule has 17 heavy (non-hydrogen) atoms. The first-order valence-corrected chi connectivity index (χ1v) is 6.54. The molecule has 1 heterocycles. The molecule has 4 N–H and O–H groups in total. The standard InChI is InChI=1S/C9H16N4O3S/c1-5(4-8(10)14)13-17(15,16)9-6(2)11-12-7(9)3/h5,13H,4H2,1-3H3,(H2,10,14)(H,11,12). The van der Waals surface area contributed by atoms with E-state index in [4.69, 9.17) is 5.73 Å². The Kier molecular flexibility index (Phi) is 3.89. The first-order chi connectivity index (χ1) is 7.74. The van der Waals surface area contributed by atoms with Crippen LogP contribution in [0.15, 0.2) is 4.90 Å². The van der Waals surface area contributed by atoms with Crippen LogP contribution in [0.25, 0.3) is 0 Å². The Labute approximate surface area is 99.8 Å². The third-order valence-electron chi connectivity index (χ3n) is 2.19. The summed E-state index contributed by atoms with van der Waals surface area (Å²) in [6.45, 7) is 4.79. The number of aromatic amines is 1. The predicted octanol–water partition coefficient (Wildman–Crippen LogP) is -0.431. The fraction of sp³-hybridized carbons (Fsp3) is 0.556. The number of aromatic nitrogens is 2. The molecule has 8 heteroatoms. The van der Waals surface area contributed by atoms with Gasteiger partial charge in [-0.1, -0.05) is 0 Å². The SMILES string of the molecule is Cc1n[nH]c(C)c1S(=O)(=O)NC(C)CC(N)=O. The maximum absolute atomic E-state index is 12.0. The first-order valence-electron chi connectivity index (χ1n) is 5.06. The Hall–Kier alpha value is -1.41. The maximum Gasteiger partial charge on any atom is 0.244 e. The molecule has 1 aromatic rings. The number of nitrogens with two attached hydrogens (primary N) is 1. The van der Waals surface area contributed by atoms with Crippen molar-refractivity contribution in [1.29, 1.82) is 0 Å². The van der Waals surface area contributed by atoms with Crippen LogP contribution in [-0.2, 0) is 14.8 Å². The van der Waals surface area contributed by atoms with Gasteiger partial charge in [-0.25, -0.2) is 13.1 Å². The van der Waals surface area contributed by atoms with Crippen LogP contribution in [0, 0.1) is 13.8 Å². The average molecular weight is 260 g/mol. The molecule has 7 nitrogen and oxygen atoms in total. The van der Waals surface area contributed by atoms with Gasteiger partial charge >= 0.3 is 0 Å². The van der Waals surface area contributed by atoms with Crippen molar-refractivity contribution in [3.8, 4) is 0 Å². The van der Waals surface area contributed by atoms with E-state index in [1.807, 2.05) is 0 Å². The largest absolute Gasteiger partial charge is 0.370 e. The molecule has 0 radical (unpaired) electrons. The van der Waals surface area contributed by atoms with Crippen LogP contribution in [0.3, 0.4) is 0 Å². The van der Waals surface area contributed by atoms with Crippen molar-refractivity contribution in [2.24, 2.45) is 5.73 Å². The quantitative estimate of drug-likeness (QED) is 0.665. The molecule has 0 aliphatic heterocycles. The molecule has 0 bridgehead atoms. The third-order valence-corrected chi connectivity index (χ3v) is 4.04. The molecule has 96 valence electrons. The van der Waals surface area contributed by atoms with E-state index in [1.165, 1.54) is 0 Å². The van der Waals surface area contributed by atoms with E-state index in [0.717, 1.165) is 0 Å². The van der Waals surface area contributed by atoms with E-state index in [-0.39, 0.29) is 11.3 Å². The van der Waals surface area contributed by atoms with E-state index in [9.17, 15) is 13.2 Å². The topological polar surface area (TPSA) is 118 Å². The molecular weight excluding hydrogens is 244 g/mol. The van der Waals surface area contributed by atoms with Crippen molar-refractivity contribution >= 4 is 15.9 Å². The van der Waals surface area contributed by atoms with Crippen molar-refractivity contribution in [2.45, 2.75) is 38.1 Å². The highest BCUT2D eigenvalue weighted by Gasteiger charge is 2.24. The number of hydrogen-bond donors (Lipinski definition) is 3. The number of carbonyl (C=O) groups excluding carboxylic acids is 1. The van der Waals surface area contributed by atoms with E-state index >= 15 is 0 Å². The third kappa shape index (κ3) is 3.27. The van der Waals surface area contributed by atoms with Gasteiger partial charge < -0.3 is 5.73 Å². The summed E-state index contributed by atoms with van der Waals surface area (Å²) in [7, 11) is -3.67. The predicted molar refractivity (Wildman–Crippen MR) is 61.7 cm³/mol. The number of sulfonamides is 1. The second kappa shape index (κ2) is 4.84. The summed E-state index contributed by atoms with van der Waals surface area (Å²) in [5, 5.41) is 6.41. The molecule has 0 saturated carbocycles. The summed E-state index contributed by atoms with van der Waals surface area (Å²) in [5.41, 5.74) is 5.85. The van der Waals surface area contributed by atoms with Gasteiger partial charge in [0, 0.05) is 12.5 Å². The number of carbonyl (C=O) groups is 1. The van der Waals surface area contributed by atoms with Gasteiger partial charge in [0.25, 0.3) is 0 Å². The number of nitrogens with zero attached hydrogens (tertiary/aromatic N) is 1. The lowest BCUT2D eigenvalue weighted by Gasteiger charge is -2.12. The van der Waals surface area contributed by atoms with Crippen molar-refractivity contribution in [3.63, 3.8) is 0 Å². The lowest BCUT2D eigenvalue weighted by Crippen LogP contribution is -2.36. The smallest absolute Gasteiger partial charge is 0.244 e. The molecule has 0 fully saturated rings. The Bertz CT molecular complexity index is 501. The van der Waals surface area contributed by atoms with E-state index in [0.29, 0.717) is 11.4 Å². The first kappa shape index (κ1) is 13.7. The highest BCUT2D eigenvalue weighted by Crippen LogP contribution is 2.16. The van der Waals surface area contributed by atoms with Crippen LogP contribution in [0.1, 0.15) is 24.7 Å². The van der Waals surface area contributed by atoms with E-state index in [1.54, 1.807) is 20.8 Å². The minimum atomic E-state index is -3.67. The number of rotatable bonds is 5.